The Morgan fingerprint density at radius 3 is 2.21 bits per heavy atom. The number of hydrogen-bond donors (Lipinski definition) is 0. The molecule has 0 aromatic heterocycles. The van der Waals surface area contributed by atoms with E-state index in [0.717, 1.165) is 0 Å². The molecule has 0 saturated carbocycles. The van der Waals surface area contributed by atoms with Crippen molar-refractivity contribution < 1.29 is 13.2 Å². The molecule has 6 heteroatoms. The molecule has 1 aromatic carbocycles. The van der Waals surface area contributed by atoms with Gasteiger partial charge in [0.1, 0.15) is 6.54 Å². The van der Waals surface area contributed by atoms with Crippen LogP contribution < -0.4 is 0 Å². The molecule has 0 bridgehead atoms. The van der Waals surface area contributed by atoms with Crippen LogP contribution in [0.15, 0.2) is 34.3 Å². The lowest BCUT2D eigenvalue weighted by Crippen LogP contribution is -1.98. The first-order chi connectivity index (χ1) is 6.51. The zero-order valence-corrected chi connectivity index (χ0v) is 7.73. The topological polar surface area (TPSA) is 29.4 Å². The molecule has 76 valence electrons. The monoisotopic (exact) mass is 221 g/mol. The van der Waals surface area contributed by atoms with Gasteiger partial charge in [0.2, 0.25) is 0 Å². The van der Waals surface area contributed by atoms with Gasteiger partial charge in [-0.3, -0.25) is 0 Å². The van der Waals surface area contributed by atoms with Crippen LogP contribution in [0, 0.1) is 4.91 Å². The molecule has 1 rings (SSSR count). The number of hydrogen-bond acceptors (Lipinski definition) is 3. The lowest BCUT2D eigenvalue weighted by atomic mass is 10.2. The normalized spacial score (nSPS) is 11.4. The molecule has 0 saturated heterocycles. The molecule has 0 fully saturated rings. The maximum atomic E-state index is 11.9. The smallest absolute Gasteiger partial charge is 0.160 e. The highest BCUT2D eigenvalue weighted by molar-refractivity contribution is 8.00. The summed E-state index contributed by atoms with van der Waals surface area (Å²) < 4.78 is 35.7. The molecule has 0 N–H and O–H groups in total. The van der Waals surface area contributed by atoms with E-state index in [0.29, 0.717) is 5.56 Å². The summed E-state index contributed by atoms with van der Waals surface area (Å²) in [6, 6.07) is 5.54. The summed E-state index contributed by atoms with van der Waals surface area (Å²) in [5, 5.41) is 2.63. The van der Waals surface area contributed by atoms with E-state index < -0.39 is 5.51 Å². The average molecular weight is 221 g/mol. The summed E-state index contributed by atoms with van der Waals surface area (Å²) in [7, 11) is 0. The number of thioether (sulfide) groups is 1. The Bertz CT molecular complexity index is 309. The second kappa shape index (κ2) is 4.45. The van der Waals surface area contributed by atoms with Crippen LogP contribution in [0.25, 0.3) is 0 Å². The van der Waals surface area contributed by atoms with Gasteiger partial charge in [0, 0.05) is 4.90 Å². The minimum Gasteiger partial charge on any atom is -0.160 e. The van der Waals surface area contributed by atoms with Gasteiger partial charge in [-0.1, -0.05) is 17.3 Å². The average Bonchev–Trinajstić information content (AvgIpc) is 2.06. The van der Waals surface area contributed by atoms with Crippen LogP contribution in [0.1, 0.15) is 5.56 Å². The molecule has 0 unspecified atom stereocenters. The van der Waals surface area contributed by atoms with Gasteiger partial charge >= 0.3 is 5.51 Å². The first-order valence-electron chi connectivity index (χ1n) is 3.65. The predicted molar refractivity (Wildman–Crippen MR) is 47.9 cm³/mol. The molecular weight excluding hydrogens is 215 g/mol. The van der Waals surface area contributed by atoms with Crippen molar-refractivity contribution in [2.75, 3.05) is 0 Å². The third-order valence-corrected chi connectivity index (χ3v) is 2.14. The molecule has 0 radical (unpaired) electrons. The van der Waals surface area contributed by atoms with Crippen LogP contribution in [0.5, 0.6) is 0 Å². The van der Waals surface area contributed by atoms with E-state index in [1.807, 2.05) is 0 Å². The van der Waals surface area contributed by atoms with Gasteiger partial charge in [0.15, 0.2) is 0 Å². The largest absolute Gasteiger partial charge is 0.446 e. The Kier molecular flexibility index (Phi) is 3.51. The van der Waals surface area contributed by atoms with Crippen molar-refractivity contribution in [1.29, 1.82) is 0 Å². The number of nitrogens with zero attached hydrogens (tertiary/aromatic N) is 1. The molecule has 1 aromatic rings. The highest BCUT2D eigenvalue weighted by atomic mass is 32.2. The van der Waals surface area contributed by atoms with E-state index in [1.165, 1.54) is 24.3 Å². The minimum atomic E-state index is -4.27. The predicted octanol–water partition coefficient (Wildman–Crippen LogP) is 3.56. The summed E-state index contributed by atoms with van der Waals surface area (Å²) in [4.78, 5) is 9.96. The fourth-order valence-electron chi connectivity index (χ4n) is 0.871. The minimum absolute atomic E-state index is 0.0169. The summed E-state index contributed by atoms with van der Waals surface area (Å²) in [6.45, 7) is -0.0169. The lowest BCUT2D eigenvalue weighted by Gasteiger charge is -2.05. The van der Waals surface area contributed by atoms with E-state index in [4.69, 9.17) is 0 Å². The Hall–Kier alpha value is -1.04. The van der Waals surface area contributed by atoms with Crippen molar-refractivity contribution in [2.24, 2.45) is 5.18 Å². The van der Waals surface area contributed by atoms with Crippen molar-refractivity contribution >= 4 is 11.8 Å². The van der Waals surface area contributed by atoms with Crippen molar-refractivity contribution in [3.63, 3.8) is 0 Å². The number of nitroso groups, excluding NO2 is 1. The maximum absolute atomic E-state index is 11.9. The van der Waals surface area contributed by atoms with Gasteiger partial charge in [-0.2, -0.15) is 18.1 Å². The summed E-state index contributed by atoms with van der Waals surface area (Å²) in [5.41, 5.74) is -3.67. The highest BCUT2D eigenvalue weighted by Crippen LogP contribution is 2.36. The van der Waals surface area contributed by atoms with Crippen molar-refractivity contribution in [3.05, 3.63) is 34.7 Å². The van der Waals surface area contributed by atoms with Crippen LogP contribution in [-0.4, -0.2) is 5.51 Å². The first kappa shape index (κ1) is 11.0. The third-order valence-electron chi connectivity index (χ3n) is 1.40. The van der Waals surface area contributed by atoms with Gasteiger partial charge in [-0.25, -0.2) is 0 Å². The molecule has 0 amide bonds. The summed E-state index contributed by atoms with van der Waals surface area (Å²) in [5.74, 6) is 0. The molecule has 0 atom stereocenters. The zero-order chi connectivity index (χ0) is 10.6. The maximum Gasteiger partial charge on any atom is 0.446 e. The molecule has 14 heavy (non-hydrogen) atoms. The van der Waals surface area contributed by atoms with E-state index in [-0.39, 0.29) is 23.2 Å². The van der Waals surface area contributed by atoms with Crippen LogP contribution in [-0.2, 0) is 6.54 Å². The van der Waals surface area contributed by atoms with Crippen LogP contribution in [0.3, 0.4) is 0 Å². The zero-order valence-electron chi connectivity index (χ0n) is 6.91. The van der Waals surface area contributed by atoms with E-state index in [1.54, 1.807) is 0 Å². The fraction of sp³-hybridized carbons (Fsp3) is 0.250. The summed E-state index contributed by atoms with van der Waals surface area (Å²) in [6.07, 6.45) is 0. The molecule has 0 aliphatic heterocycles. The van der Waals surface area contributed by atoms with Crippen LogP contribution in [0.4, 0.5) is 13.2 Å². The molecule has 0 aliphatic carbocycles. The highest BCUT2D eigenvalue weighted by Gasteiger charge is 2.28. The summed E-state index contributed by atoms with van der Waals surface area (Å²) >= 11 is -0.181. The van der Waals surface area contributed by atoms with Gasteiger partial charge in [0.05, 0.1) is 0 Å². The van der Waals surface area contributed by atoms with Crippen molar-refractivity contribution in [1.82, 2.24) is 0 Å². The second-order valence-electron chi connectivity index (χ2n) is 2.48. The number of alkyl halides is 3. The van der Waals surface area contributed by atoms with Crippen LogP contribution >= 0.6 is 11.8 Å². The fourth-order valence-corrected chi connectivity index (χ4v) is 1.41. The van der Waals surface area contributed by atoms with Gasteiger partial charge in [-0.05, 0) is 29.5 Å². The Labute approximate surface area is 82.5 Å². The van der Waals surface area contributed by atoms with Crippen LogP contribution in [0.2, 0.25) is 0 Å². The molecule has 0 heterocycles. The Morgan fingerprint density at radius 2 is 1.79 bits per heavy atom. The lowest BCUT2D eigenvalue weighted by molar-refractivity contribution is -0.0328. The van der Waals surface area contributed by atoms with Gasteiger partial charge < -0.3 is 0 Å². The second-order valence-corrected chi connectivity index (χ2v) is 3.62. The molecule has 0 aliphatic rings. The van der Waals surface area contributed by atoms with Gasteiger partial charge in [-0.15, -0.1) is 0 Å². The third kappa shape index (κ3) is 3.78. The van der Waals surface area contributed by atoms with Crippen molar-refractivity contribution in [2.45, 2.75) is 16.9 Å². The molecule has 0 spiro atoms. The van der Waals surface area contributed by atoms with E-state index >= 15 is 0 Å². The molecular formula is C8H6F3NOS. The SMILES string of the molecule is O=NCc1ccc(SC(F)(F)F)cc1. The molecule has 2 nitrogen and oxygen atoms in total. The number of rotatable bonds is 3. The Balaban J connectivity index is 2.68. The van der Waals surface area contributed by atoms with E-state index in [9.17, 15) is 18.1 Å². The Morgan fingerprint density at radius 1 is 1.21 bits per heavy atom. The van der Waals surface area contributed by atoms with Crippen molar-refractivity contribution in [3.8, 4) is 0 Å². The first-order valence-corrected chi connectivity index (χ1v) is 4.47. The number of halogens is 3. The number of benzene rings is 1. The standard InChI is InChI=1S/C8H6F3NOS/c9-8(10,11)14-7-3-1-6(2-4-7)5-12-13/h1-4H,5H2. The van der Waals surface area contributed by atoms with E-state index in [2.05, 4.69) is 5.18 Å². The quantitative estimate of drug-likeness (QED) is 0.576. The van der Waals surface area contributed by atoms with Gasteiger partial charge in [0.25, 0.3) is 0 Å².